The van der Waals surface area contributed by atoms with Crippen LogP contribution in [0, 0.1) is 11.8 Å². The minimum atomic E-state index is -3.34. The van der Waals surface area contributed by atoms with E-state index >= 15 is 0 Å². The molecule has 0 saturated heterocycles. The maximum atomic E-state index is 13.4. The standard InChI is InChI=1S/C13H10F2N2O3S/c1-21(19,20)9-4-2-8(3-5-9)17-13(18)10-6-7-16-12(15)11(10)14/h2-7H,1H3,(H,17,18). The molecule has 110 valence electrons. The Kier molecular flexibility index (Phi) is 3.99. The first-order valence-corrected chi connectivity index (χ1v) is 7.59. The van der Waals surface area contributed by atoms with Crippen LogP contribution in [0.4, 0.5) is 14.5 Å². The molecule has 5 nitrogen and oxygen atoms in total. The number of hydrogen-bond donors (Lipinski definition) is 1. The maximum absolute atomic E-state index is 13.4. The summed E-state index contributed by atoms with van der Waals surface area (Å²) in [5.74, 6) is -3.57. The van der Waals surface area contributed by atoms with Crippen molar-refractivity contribution in [3.05, 3.63) is 53.9 Å². The zero-order valence-electron chi connectivity index (χ0n) is 10.8. The van der Waals surface area contributed by atoms with Crippen molar-refractivity contribution in [1.29, 1.82) is 0 Å². The number of sulfone groups is 1. The van der Waals surface area contributed by atoms with Gasteiger partial charge in [-0.15, -0.1) is 0 Å². The molecule has 0 spiro atoms. The Bertz CT molecular complexity index is 790. The van der Waals surface area contributed by atoms with Crippen LogP contribution in [-0.4, -0.2) is 25.6 Å². The smallest absolute Gasteiger partial charge is 0.258 e. The van der Waals surface area contributed by atoms with Crippen LogP contribution in [0.25, 0.3) is 0 Å². The summed E-state index contributed by atoms with van der Waals surface area (Å²) >= 11 is 0. The molecule has 0 aliphatic rings. The van der Waals surface area contributed by atoms with Crippen molar-refractivity contribution in [3.63, 3.8) is 0 Å². The van der Waals surface area contributed by atoms with Crippen molar-refractivity contribution in [2.24, 2.45) is 0 Å². The van der Waals surface area contributed by atoms with Gasteiger partial charge in [-0.2, -0.15) is 4.39 Å². The Balaban J connectivity index is 2.22. The number of benzene rings is 1. The number of hydrogen-bond acceptors (Lipinski definition) is 4. The van der Waals surface area contributed by atoms with Crippen LogP contribution < -0.4 is 5.32 Å². The van der Waals surface area contributed by atoms with E-state index in [-0.39, 0.29) is 10.6 Å². The van der Waals surface area contributed by atoms with Crippen LogP contribution in [0.1, 0.15) is 10.4 Å². The van der Waals surface area contributed by atoms with E-state index in [1.807, 2.05) is 0 Å². The number of nitrogens with one attached hydrogen (secondary N) is 1. The van der Waals surface area contributed by atoms with Crippen molar-refractivity contribution in [3.8, 4) is 0 Å². The fourth-order valence-corrected chi connectivity index (χ4v) is 2.21. The third kappa shape index (κ3) is 3.40. The molecule has 0 unspecified atom stereocenters. The van der Waals surface area contributed by atoms with Gasteiger partial charge in [-0.05, 0) is 30.3 Å². The largest absolute Gasteiger partial charge is 0.322 e. The highest BCUT2D eigenvalue weighted by Crippen LogP contribution is 2.16. The van der Waals surface area contributed by atoms with E-state index in [1.54, 1.807) is 0 Å². The Morgan fingerprint density at radius 1 is 1.14 bits per heavy atom. The quantitative estimate of drug-likeness (QED) is 0.880. The number of rotatable bonds is 3. The molecule has 1 aromatic carbocycles. The molecule has 2 aromatic rings. The Labute approximate surface area is 119 Å². The highest BCUT2D eigenvalue weighted by molar-refractivity contribution is 7.90. The molecule has 1 aromatic heterocycles. The van der Waals surface area contributed by atoms with Gasteiger partial charge in [-0.3, -0.25) is 4.79 Å². The predicted octanol–water partition coefficient (Wildman–Crippen LogP) is 2.02. The second kappa shape index (κ2) is 5.57. The minimum absolute atomic E-state index is 0.0848. The van der Waals surface area contributed by atoms with Gasteiger partial charge in [-0.1, -0.05) is 0 Å². The number of nitrogens with zero attached hydrogens (tertiary/aromatic N) is 1. The Morgan fingerprint density at radius 3 is 2.33 bits per heavy atom. The minimum Gasteiger partial charge on any atom is -0.322 e. The molecule has 0 radical (unpaired) electrons. The molecule has 0 saturated carbocycles. The van der Waals surface area contributed by atoms with Crippen LogP contribution in [0.15, 0.2) is 41.4 Å². The summed E-state index contributed by atoms with van der Waals surface area (Å²) in [5.41, 5.74) is -0.237. The molecule has 2 rings (SSSR count). The fraction of sp³-hybridized carbons (Fsp3) is 0.0769. The maximum Gasteiger partial charge on any atom is 0.258 e. The molecule has 0 atom stereocenters. The van der Waals surface area contributed by atoms with Crippen LogP contribution in [0.3, 0.4) is 0 Å². The van der Waals surface area contributed by atoms with E-state index in [0.29, 0.717) is 0 Å². The monoisotopic (exact) mass is 312 g/mol. The summed E-state index contributed by atoms with van der Waals surface area (Å²) in [5, 5.41) is 2.34. The fourth-order valence-electron chi connectivity index (χ4n) is 1.58. The Hall–Kier alpha value is -2.35. The SMILES string of the molecule is CS(=O)(=O)c1ccc(NC(=O)c2ccnc(F)c2F)cc1. The lowest BCUT2D eigenvalue weighted by atomic mass is 10.2. The van der Waals surface area contributed by atoms with E-state index < -0.39 is 33.1 Å². The average molecular weight is 312 g/mol. The van der Waals surface area contributed by atoms with Gasteiger partial charge >= 0.3 is 0 Å². The van der Waals surface area contributed by atoms with Crippen molar-refractivity contribution in [1.82, 2.24) is 4.98 Å². The predicted molar refractivity (Wildman–Crippen MR) is 71.7 cm³/mol. The second-order valence-corrected chi connectivity index (χ2v) is 6.23. The molecule has 1 heterocycles. The molecule has 8 heteroatoms. The number of aromatic nitrogens is 1. The third-order valence-corrected chi connectivity index (χ3v) is 3.76. The number of carbonyl (C=O) groups is 1. The molecule has 0 bridgehead atoms. The third-order valence-electron chi connectivity index (χ3n) is 2.63. The van der Waals surface area contributed by atoms with Gasteiger partial charge in [0.15, 0.2) is 15.7 Å². The van der Waals surface area contributed by atoms with Crippen molar-refractivity contribution >= 4 is 21.4 Å². The summed E-state index contributed by atoms with van der Waals surface area (Å²) in [6.45, 7) is 0. The molecule has 0 aliphatic heterocycles. The first-order chi connectivity index (χ1) is 9.79. The van der Waals surface area contributed by atoms with Gasteiger partial charge in [0.2, 0.25) is 5.95 Å². The average Bonchev–Trinajstić information content (AvgIpc) is 2.41. The van der Waals surface area contributed by atoms with Crippen molar-refractivity contribution in [2.75, 3.05) is 11.6 Å². The van der Waals surface area contributed by atoms with Gasteiger partial charge in [-0.25, -0.2) is 17.8 Å². The number of anilines is 1. The molecular weight excluding hydrogens is 302 g/mol. The molecule has 0 aliphatic carbocycles. The van der Waals surface area contributed by atoms with E-state index in [2.05, 4.69) is 10.3 Å². The van der Waals surface area contributed by atoms with E-state index in [0.717, 1.165) is 18.5 Å². The summed E-state index contributed by atoms with van der Waals surface area (Å²) in [6, 6.07) is 6.34. The second-order valence-electron chi connectivity index (χ2n) is 4.21. The van der Waals surface area contributed by atoms with E-state index in [9.17, 15) is 22.0 Å². The zero-order chi connectivity index (χ0) is 15.6. The lowest BCUT2D eigenvalue weighted by Gasteiger charge is -2.07. The summed E-state index contributed by atoms with van der Waals surface area (Å²) in [4.78, 5) is 15.0. The summed E-state index contributed by atoms with van der Waals surface area (Å²) < 4.78 is 48.9. The van der Waals surface area contributed by atoms with Gasteiger partial charge in [0.1, 0.15) is 0 Å². The van der Waals surface area contributed by atoms with Gasteiger partial charge < -0.3 is 5.32 Å². The van der Waals surface area contributed by atoms with E-state index in [1.165, 1.54) is 24.3 Å². The van der Waals surface area contributed by atoms with Gasteiger partial charge in [0, 0.05) is 18.1 Å². The normalized spacial score (nSPS) is 11.2. The van der Waals surface area contributed by atoms with Crippen LogP contribution in [0.5, 0.6) is 0 Å². The first-order valence-electron chi connectivity index (χ1n) is 5.70. The molecule has 1 amide bonds. The van der Waals surface area contributed by atoms with Crippen LogP contribution >= 0.6 is 0 Å². The molecule has 21 heavy (non-hydrogen) atoms. The van der Waals surface area contributed by atoms with Crippen LogP contribution in [-0.2, 0) is 9.84 Å². The lowest BCUT2D eigenvalue weighted by Crippen LogP contribution is -2.15. The molecule has 1 N–H and O–H groups in total. The summed E-state index contributed by atoms with van der Waals surface area (Å²) in [6.07, 6.45) is 2.02. The van der Waals surface area contributed by atoms with Crippen molar-refractivity contribution in [2.45, 2.75) is 4.90 Å². The van der Waals surface area contributed by atoms with E-state index in [4.69, 9.17) is 0 Å². The number of pyridine rings is 1. The topological polar surface area (TPSA) is 76.1 Å². The highest BCUT2D eigenvalue weighted by atomic mass is 32.2. The number of halogens is 2. The highest BCUT2D eigenvalue weighted by Gasteiger charge is 2.16. The zero-order valence-corrected chi connectivity index (χ0v) is 11.6. The van der Waals surface area contributed by atoms with Crippen LogP contribution in [0.2, 0.25) is 0 Å². The first kappa shape index (κ1) is 15.0. The number of amides is 1. The van der Waals surface area contributed by atoms with Crippen molar-refractivity contribution < 1.29 is 22.0 Å². The number of carbonyl (C=O) groups excluding carboxylic acids is 1. The van der Waals surface area contributed by atoms with Gasteiger partial charge in [0.25, 0.3) is 5.91 Å². The molecular formula is C13H10F2N2O3S. The summed E-state index contributed by atoms with van der Waals surface area (Å²) in [7, 11) is -3.34. The Morgan fingerprint density at radius 2 is 1.76 bits per heavy atom. The van der Waals surface area contributed by atoms with Gasteiger partial charge in [0.05, 0.1) is 10.5 Å². The molecule has 0 fully saturated rings. The lowest BCUT2D eigenvalue weighted by molar-refractivity contribution is 0.102.